The Hall–Kier alpha value is -2.54. The number of amides is 2. The molecule has 0 saturated carbocycles. The molecule has 29 heavy (non-hydrogen) atoms. The topological polar surface area (TPSA) is 76.7 Å². The molecule has 0 aliphatic heterocycles. The van der Waals surface area contributed by atoms with E-state index in [1.165, 1.54) is 5.56 Å². The van der Waals surface area contributed by atoms with Crippen LogP contribution in [-0.2, 0) is 4.79 Å². The lowest BCUT2D eigenvalue weighted by atomic mass is 10.0. The van der Waals surface area contributed by atoms with Crippen molar-refractivity contribution in [3.05, 3.63) is 58.1 Å². The van der Waals surface area contributed by atoms with Gasteiger partial charge in [0.05, 0.1) is 11.1 Å². The number of hydrogen-bond acceptors (Lipinski definition) is 4. The van der Waals surface area contributed by atoms with E-state index < -0.39 is 11.8 Å². The van der Waals surface area contributed by atoms with Crippen molar-refractivity contribution in [2.75, 3.05) is 13.2 Å². The van der Waals surface area contributed by atoms with Crippen LogP contribution in [0.3, 0.4) is 0 Å². The van der Waals surface area contributed by atoms with E-state index in [1.54, 1.807) is 18.2 Å². The van der Waals surface area contributed by atoms with E-state index >= 15 is 0 Å². The molecule has 7 heteroatoms. The van der Waals surface area contributed by atoms with Crippen molar-refractivity contribution in [2.24, 2.45) is 0 Å². The number of ether oxygens (including phenoxy) is 2. The lowest BCUT2D eigenvalue weighted by molar-refractivity contribution is -0.123. The zero-order chi connectivity index (χ0) is 21.2. The second-order valence-electron chi connectivity index (χ2n) is 6.86. The van der Waals surface area contributed by atoms with E-state index in [9.17, 15) is 9.59 Å². The maximum Gasteiger partial charge on any atom is 0.276 e. The summed E-state index contributed by atoms with van der Waals surface area (Å²) < 4.78 is 11.8. The Balaban J connectivity index is 1.79. The van der Waals surface area contributed by atoms with Gasteiger partial charge in [-0.15, -0.1) is 0 Å². The van der Waals surface area contributed by atoms with E-state index in [2.05, 4.69) is 47.6 Å². The van der Waals surface area contributed by atoms with Crippen molar-refractivity contribution in [2.45, 2.75) is 39.5 Å². The first-order valence-electron chi connectivity index (χ1n) is 9.65. The fourth-order valence-electron chi connectivity index (χ4n) is 2.42. The van der Waals surface area contributed by atoms with E-state index in [0.29, 0.717) is 34.1 Å². The van der Waals surface area contributed by atoms with E-state index in [4.69, 9.17) is 9.47 Å². The van der Waals surface area contributed by atoms with Crippen LogP contribution in [0.4, 0.5) is 0 Å². The molecular weight excluding hydrogens is 436 g/mol. The molecule has 156 valence electrons. The zero-order valence-corrected chi connectivity index (χ0v) is 18.5. The van der Waals surface area contributed by atoms with Crippen LogP contribution in [0.25, 0.3) is 0 Å². The molecule has 0 atom stereocenters. The molecule has 2 rings (SSSR count). The third kappa shape index (κ3) is 7.42. The third-order valence-electron chi connectivity index (χ3n) is 4.18. The Labute approximate surface area is 180 Å². The molecule has 0 unspecified atom stereocenters. The minimum atomic E-state index is -0.454. The van der Waals surface area contributed by atoms with Crippen LogP contribution in [0.5, 0.6) is 11.5 Å². The molecule has 0 saturated heterocycles. The summed E-state index contributed by atoms with van der Waals surface area (Å²) in [5.41, 5.74) is 6.31. The fraction of sp³-hybridized carbons (Fsp3) is 0.364. The molecule has 2 aromatic carbocycles. The number of hydrogen-bond donors (Lipinski definition) is 2. The summed E-state index contributed by atoms with van der Waals surface area (Å²) in [6.45, 7) is 6.73. The number of carbonyl (C=O) groups excluding carboxylic acids is 2. The van der Waals surface area contributed by atoms with Crippen LogP contribution >= 0.6 is 15.9 Å². The average Bonchev–Trinajstić information content (AvgIpc) is 2.72. The van der Waals surface area contributed by atoms with Crippen LogP contribution in [0.15, 0.2) is 46.9 Å². The van der Waals surface area contributed by atoms with Crippen LogP contribution in [0.2, 0.25) is 0 Å². The molecule has 6 nitrogen and oxygen atoms in total. The number of rotatable bonds is 9. The zero-order valence-electron chi connectivity index (χ0n) is 17.0. The summed E-state index contributed by atoms with van der Waals surface area (Å²) in [6.07, 6.45) is 2.01. The monoisotopic (exact) mass is 462 g/mol. The third-order valence-corrected chi connectivity index (χ3v) is 4.80. The molecule has 0 aliphatic carbocycles. The number of carbonyl (C=O) groups is 2. The normalized spacial score (nSPS) is 10.5. The number of benzene rings is 2. The van der Waals surface area contributed by atoms with Gasteiger partial charge in [0.25, 0.3) is 11.8 Å². The first-order valence-corrected chi connectivity index (χ1v) is 10.4. The van der Waals surface area contributed by atoms with Gasteiger partial charge in [-0.05, 0) is 64.2 Å². The van der Waals surface area contributed by atoms with E-state index in [1.807, 2.05) is 24.3 Å². The molecule has 0 heterocycles. The van der Waals surface area contributed by atoms with Gasteiger partial charge in [0.1, 0.15) is 11.5 Å². The predicted molar refractivity (Wildman–Crippen MR) is 116 cm³/mol. The van der Waals surface area contributed by atoms with Crippen LogP contribution in [0, 0.1) is 0 Å². The van der Waals surface area contributed by atoms with Crippen molar-refractivity contribution in [1.29, 1.82) is 0 Å². The number of unbranched alkanes of at least 4 members (excludes halogenated alkanes) is 1. The Morgan fingerprint density at radius 2 is 1.76 bits per heavy atom. The minimum absolute atomic E-state index is 0.199. The van der Waals surface area contributed by atoms with Gasteiger partial charge in [-0.1, -0.05) is 39.3 Å². The smallest absolute Gasteiger partial charge is 0.276 e. The molecule has 0 aromatic heterocycles. The number of halogens is 1. The van der Waals surface area contributed by atoms with Gasteiger partial charge >= 0.3 is 0 Å². The van der Waals surface area contributed by atoms with Crippen LogP contribution in [0.1, 0.15) is 55.5 Å². The molecule has 2 amide bonds. The highest BCUT2D eigenvalue weighted by molar-refractivity contribution is 9.10. The average molecular weight is 463 g/mol. The SMILES string of the molecule is CCCCOc1ccc(C(=O)NNC(=O)COc2ccc(C(C)C)cc2)cc1Br. The summed E-state index contributed by atoms with van der Waals surface area (Å²) in [7, 11) is 0. The van der Waals surface area contributed by atoms with Gasteiger partial charge in [0.2, 0.25) is 0 Å². The Morgan fingerprint density at radius 3 is 2.38 bits per heavy atom. The lowest BCUT2D eigenvalue weighted by Crippen LogP contribution is -2.43. The highest BCUT2D eigenvalue weighted by Crippen LogP contribution is 2.26. The number of hydrazine groups is 1. The minimum Gasteiger partial charge on any atom is -0.492 e. The van der Waals surface area contributed by atoms with E-state index in [-0.39, 0.29) is 6.61 Å². The molecule has 2 N–H and O–H groups in total. The number of nitrogens with one attached hydrogen (secondary N) is 2. The fourth-order valence-corrected chi connectivity index (χ4v) is 2.91. The Bertz CT molecular complexity index is 822. The Morgan fingerprint density at radius 1 is 1.03 bits per heavy atom. The molecule has 0 aliphatic rings. The van der Waals surface area contributed by atoms with Gasteiger partial charge in [0, 0.05) is 5.56 Å². The highest BCUT2D eigenvalue weighted by Gasteiger charge is 2.11. The lowest BCUT2D eigenvalue weighted by Gasteiger charge is -2.11. The second kappa shape index (κ2) is 11.5. The molecule has 0 fully saturated rings. The van der Waals surface area contributed by atoms with Crippen LogP contribution in [-0.4, -0.2) is 25.0 Å². The first-order chi connectivity index (χ1) is 13.9. The largest absolute Gasteiger partial charge is 0.492 e. The van der Waals surface area contributed by atoms with Crippen molar-refractivity contribution in [1.82, 2.24) is 10.9 Å². The molecule has 0 spiro atoms. The quantitative estimate of drug-likeness (QED) is 0.421. The van der Waals surface area contributed by atoms with Gasteiger partial charge in [-0.25, -0.2) is 0 Å². The van der Waals surface area contributed by atoms with Crippen molar-refractivity contribution in [3.8, 4) is 11.5 Å². The highest BCUT2D eigenvalue weighted by atomic mass is 79.9. The first kappa shape index (κ1) is 22.7. The summed E-state index contributed by atoms with van der Waals surface area (Å²) in [4.78, 5) is 24.1. The molecule has 0 radical (unpaired) electrons. The maximum absolute atomic E-state index is 12.2. The van der Waals surface area contributed by atoms with Gasteiger partial charge < -0.3 is 9.47 Å². The second-order valence-corrected chi connectivity index (χ2v) is 7.72. The van der Waals surface area contributed by atoms with Crippen molar-refractivity contribution >= 4 is 27.7 Å². The Kier molecular flexibility index (Phi) is 8.99. The molecule has 2 aromatic rings. The van der Waals surface area contributed by atoms with Gasteiger partial charge in [-0.2, -0.15) is 0 Å². The molecular formula is C22H27BrN2O4. The maximum atomic E-state index is 12.2. The van der Waals surface area contributed by atoms with Gasteiger partial charge in [-0.3, -0.25) is 20.4 Å². The summed E-state index contributed by atoms with van der Waals surface area (Å²) in [6, 6.07) is 12.6. The van der Waals surface area contributed by atoms with Crippen molar-refractivity contribution < 1.29 is 19.1 Å². The standard InChI is InChI=1S/C22H27BrN2O4/c1-4-5-12-28-20-11-8-17(13-19(20)23)22(27)25-24-21(26)14-29-18-9-6-16(7-10-18)15(2)3/h6-11,13,15H,4-5,12,14H2,1-3H3,(H,24,26)(H,25,27). The molecule has 0 bridgehead atoms. The van der Waals surface area contributed by atoms with E-state index in [0.717, 1.165) is 12.8 Å². The van der Waals surface area contributed by atoms with Crippen molar-refractivity contribution in [3.63, 3.8) is 0 Å². The van der Waals surface area contributed by atoms with Crippen LogP contribution < -0.4 is 20.3 Å². The van der Waals surface area contributed by atoms with Gasteiger partial charge in [0.15, 0.2) is 6.61 Å². The summed E-state index contributed by atoms with van der Waals surface area (Å²) in [5, 5.41) is 0. The summed E-state index contributed by atoms with van der Waals surface area (Å²) >= 11 is 3.40. The summed E-state index contributed by atoms with van der Waals surface area (Å²) in [5.74, 6) is 0.819. The predicted octanol–water partition coefficient (Wildman–Crippen LogP) is 4.59.